The van der Waals surface area contributed by atoms with Crippen molar-refractivity contribution in [3.63, 3.8) is 0 Å². The van der Waals surface area contributed by atoms with Crippen LogP contribution in [-0.4, -0.2) is 41.9 Å². The number of nitrogens with one attached hydrogen (secondary N) is 2. The fourth-order valence-corrected chi connectivity index (χ4v) is 4.17. The van der Waals surface area contributed by atoms with Gasteiger partial charge >= 0.3 is 6.18 Å². The molecule has 30 heavy (non-hydrogen) atoms. The predicted molar refractivity (Wildman–Crippen MR) is 111 cm³/mol. The molecule has 1 aliphatic heterocycles. The first-order valence-corrected chi connectivity index (χ1v) is 10.5. The summed E-state index contributed by atoms with van der Waals surface area (Å²) >= 11 is 1.46. The van der Waals surface area contributed by atoms with Crippen molar-refractivity contribution in [3.05, 3.63) is 51.7 Å². The molecule has 1 unspecified atom stereocenters. The molecule has 9 heteroatoms. The van der Waals surface area contributed by atoms with Gasteiger partial charge in [-0.25, -0.2) is 0 Å². The Labute approximate surface area is 177 Å². The van der Waals surface area contributed by atoms with Gasteiger partial charge in [0, 0.05) is 29.7 Å². The van der Waals surface area contributed by atoms with Crippen LogP contribution in [0.2, 0.25) is 0 Å². The SMILES string of the molecule is Cc1ccc(C(=O)NC2CCN(C(C)C(=O)Nc3ccc(C(F)(F)F)cc3)CC2)s1. The minimum atomic E-state index is -4.40. The normalized spacial score (nSPS) is 16.8. The molecule has 1 aliphatic rings. The number of hydrogen-bond acceptors (Lipinski definition) is 4. The number of carbonyl (C=O) groups is 2. The fraction of sp³-hybridized carbons (Fsp3) is 0.429. The van der Waals surface area contributed by atoms with E-state index in [0.717, 1.165) is 29.9 Å². The number of nitrogens with zero attached hydrogens (tertiary/aromatic N) is 1. The van der Waals surface area contributed by atoms with Gasteiger partial charge in [0.2, 0.25) is 5.91 Å². The van der Waals surface area contributed by atoms with Gasteiger partial charge in [0.1, 0.15) is 0 Å². The van der Waals surface area contributed by atoms with Gasteiger partial charge in [-0.3, -0.25) is 14.5 Å². The van der Waals surface area contributed by atoms with Gasteiger partial charge in [0.25, 0.3) is 5.91 Å². The number of carbonyl (C=O) groups excluding carboxylic acids is 2. The summed E-state index contributed by atoms with van der Waals surface area (Å²) in [5.74, 6) is -0.342. The van der Waals surface area contributed by atoms with Crippen LogP contribution in [0.1, 0.15) is 39.9 Å². The largest absolute Gasteiger partial charge is 0.416 e. The van der Waals surface area contributed by atoms with Crippen LogP contribution in [0, 0.1) is 6.92 Å². The topological polar surface area (TPSA) is 61.4 Å². The van der Waals surface area contributed by atoms with Crippen molar-refractivity contribution in [1.29, 1.82) is 0 Å². The lowest BCUT2D eigenvalue weighted by atomic mass is 10.0. The third kappa shape index (κ3) is 5.60. The van der Waals surface area contributed by atoms with E-state index in [1.165, 1.54) is 23.5 Å². The summed E-state index contributed by atoms with van der Waals surface area (Å²) in [5.41, 5.74) is -0.427. The zero-order chi connectivity index (χ0) is 21.9. The predicted octanol–water partition coefficient (Wildman–Crippen LogP) is 4.30. The molecule has 0 bridgehead atoms. The van der Waals surface area contributed by atoms with Gasteiger partial charge in [-0.1, -0.05) is 0 Å². The second-order valence-electron chi connectivity index (χ2n) is 7.43. The highest BCUT2D eigenvalue weighted by Crippen LogP contribution is 2.30. The van der Waals surface area contributed by atoms with E-state index in [9.17, 15) is 22.8 Å². The number of likely N-dealkylation sites (tertiary alicyclic amines) is 1. The summed E-state index contributed by atoms with van der Waals surface area (Å²) in [7, 11) is 0. The van der Waals surface area contributed by atoms with E-state index >= 15 is 0 Å². The fourth-order valence-electron chi connectivity index (χ4n) is 3.40. The Morgan fingerprint density at radius 1 is 1.10 bits per heavy atom. The molecule has 1 saturated heterocycles. The molecule has 162 valence electrons. The molecular weight excluding hydrogens is 415 g/mol. The van der Waals surface area contributed by atoms with E-state index in [1.54, 1.807) is 6.92 Å². The number of amides is 2. The first-order valence-electron chi connectivity index (χ1n) is 9.73. The number of piperidine rings is 1. The Bertz CT molecular complexity index is 888. The molecule has 2 heterocycles. The lowest BCUT2D eigenvalue weighted by Crippen LogP contribution is -2.50. The zero-order valence-corrected chi connectivity index (χ0v) is 17.6. The van der Waals surface area contributed by atoms with E-state index in [1.807, 2.05) is 24.0 Å². The quantitative estimate of drug-likeness (QED) is 0.731. The molecule has 1 aromatic heterocycles. The molecule has 3 rings (SSSR count). The van der Waals surface area contributed by atoms with Crippen LogP contribution < -0.4 is 10.6 Å². The van der Waals surface area contributed by atoms with Gasteiger partial charge in [-0.2, -0.15) is 13.2 Å². The Balaban J connectivity index is 1.47. The molecule has 2 aromatic rings. The Morgan fingerprint density at radius 2 is 1.73 bits per heavy atom. The smallest absolute Gasteiger partial charge is 0.349 e. The highest BCUT2D eigenvalue weighted by molar-refractivity contribution is 7.13. The van der Waals surface area contributed by atoms with Crippen LogP contribution in [-0.2, 0) is 11.0 Å². The summed E-state index contributed by atoms with van der Waals surface area (Å²) in [6, 6.07) is 7.76. The maximum Gasteiger partial charge on any atom is 0.416 e. The first-order chi connectivity index (χ1) is 14.1. The second kappa shape index (κ2) is 9.18. The molecular formula is C21H24F3N3O2S. The number of aryl methyl sites for hydroxylation is 1. The van der Waals surface area contributed by atoms with Crippen molar-refractivity contribution >= 4 is 28.8 Å². The molecule has 0 radical (unpaired) electrons. The monoisotopic (exact) mass is 439 g/mol. The van der Waals surface area contributed by atoms with Crippen LogP contribution in [0.4, 0.5) is 18.9 Å². The number of alkyl halides is 3. The van der Waals surface area contributed by atoms with E-state index in [2.05, 4.69) is 10.6 Å². The summed E-state index contributed by atoms with van der Waals surface area (Å²) in [6.45, 7) is 5.02. The van der Waals surface area contributed by atoms with Crippen molar-refractivity contribution in [2.24, 2.45) is 0 Å². The van der Waals surface area contributed by atoms with Gasteiger partial charge in [0.05, 0.1) is 16.5 Å². The molecule has 0 spiro atoms. The molecule has 0 aliphatic carbocycles. The third-order valence-electron chi connectivity index (χ3n) is 5.24. The number of anilines is 1. The van der Waals surface area contributed by atoms with Crippen LogP contribution in [0.3, 0.4) is 0 Å². The summed E-state index contributed by atoms with van der Waals surface area (Å²) in [6.07, 6.45) is -2.94. The number of rotatable bonds is 5. The Morgan fingerprint density at radius 3 is 2.27 bits per heavy atom. The second-order valence-corrected chi connectivity index (χ2v) is 8.72. The third-order valence-corrected chi connectivity index (χ3v) is 6.24. The Hall–Kier alpha value is -2.39. The van der Waals surface area contributed by atoms with Gasteiger partial charge in [-0.05, 0) is 63.1 Å². The Kier molecular flexibility index (Phi) is 6.82. The van der Waals surface area contributed by atoms with Crippen LogP contribution in [0.5, 0.6) is 0 Å². The van der Waals surface area contributed by atoms with Crippen molar-refractivity contribution in [1.82, 2.24) is 10.2 Å². The van der Waals surface area contributed by atoms with E-state index in [-0.39, 0.29) is 17.9 Å². The van der Waals surface area contributed by atoms with Crippen molar-refractivity contribution in [2.45, 2.75) is 44.9 Å². The summed E-state index contributed by atoms with van der Waals surface area (Å²) in [4.78, 5) is 28.6. The molecule has 1 fully saturated rings. The summed E-state index contributed by atoms with van der Waals surface area (Å²) in [5, 5.41) is 5.72. The minimum Gasteiger partial charge on any atom is -0.349 e. The van der Waals surface area contributed by atoms with Crippen molar-refractivity contribution < 1.29 is 22.8 Å². The first kappa shape index (κ1) is 22.3. The van der Waals surface area contributed by atoms with Gasteiger partial charge in [0.15, 0.2) is 0 Å². The maximum atomic E-state index is 12.6. The molecule has 1 atom stereocenters. The highest BCUT2D eigenvalue weighted by Gasteiger charge is 2.30. The average molecular weight is 440 g/mol. The number of thiophene rings is 1. The van der Waals surface area contributed by atoms with Crippen molar-refractivity contribution in [3.8, 4) is 0 Å². The maximum absolute atomic E-state index is 12.6. The van der Waals surface area contributed by atoms with Crippen LogP contribution in [0.25, 0.3) is 0 Å². The van der Waals surface area contributed by atoms with E-state index in [0.29, 0.717) is 23.7 Å². The van der Waals surface area contributed by atoms with Crippen LogP contribution >= 0.6 is 11.3 Å². The molecule has 0 saturated carbocycles. The number of hydrogen-bond donors (Lipinski definition) is 2. The number of benzene rings is 1. The average Bonchev–Trinajstić information content (AvgIpc) is 3.14. The zero-order valence-electron chi connectivity index (χ0n) is 16.8. The molecule has 2 amide bonds. The molecule has 5 nitrogen and oxygen atoms in total. The van der Waals surface area contributed by atoms with Gasteiger partial charge < -0.3 is 10.6 Å². The van der Waals surface area contributed by atoms with E-state index in [4.69, 9.17) is 0 Å². The van der Waals surface area contributed by atoms with E-state index < -0.39 is 17.8 Å². The lowest BCUT2D eigenvalue weighted by molar-refractivity contribution is -0.137. The van der Waals surface area contributed by atoms with Crippen molar-refractivity contribution in [2.75, 3.05) is 18.4 Å². The highest BCUT2D eigenvalue weighted by atomic mass is 32.1. The number of halogens is 3. The minimum absolute atomic E-state index is 0.0568. The standard InChI is InChI=1S/C21H24F3N3O2S/c1-13-3-8-18(30-13)20(29)26-17-9-11-27(12-10-17)14(2)19(28)25-16-6-4-15(5-7-16)21(22,23)24/h3-8,14,17H,9-12H2,1-2H3,(H,25,28)(H,26,29). The van der Waals surface area contributed by atoms with Crippen LogP contribution in [0.15, 0.2) is 36.4 Å². The molecule has 2 N–H and O–H groups in total. The van der Waals surface area contributed by atoms with Gasteiger partial charge in [-0.15, -0.1) is 11.3 Å². The lowest BCUT2D eigenvalue weighted by Gasteiger charge is -2.35. The summed E-state index contributed by atoms with van der Waals surface area (Å²) < 4.78 is 37.9. The molecule has 1 aromatic carbocycles.